The van der Waals surface area contributed by atoms with Gasteiger partial charge in [-0.25, -0.2) is 4.98 Å². The lowest BCUT2D eigenvalue weighted by Crippen LogP contribution is -2.14. The molecule has 0 bridgehead atoms. The standard InChI is InChI=1S/C16H16N2O2.C3H8O/c17-14-4-1-12(2-5-14)13-3-6-15(18-9-13)20-11-16(10-19)7-8-16;1-3-4-2/h1-6,9-10H,7-8,11,17H2;3H2,1-2H3. The molecule has 1 aliphatic carbocycles. The van der Waals surface area contributed by atoms with Gasteiger partial charge in [-0.15, -0.1) is 0 Å². The minimum atomic E-state index is -0.253. The van der Waals surface area contributed by atoms with Gasteiger partial charge < -0.3 is 20.0 Å². The highest BCUT2D eigenvalue weighted by molar-refractivity contribution is 5.65. The minimum Gasteiger partial charge on any atom is -0.477 e. The zero-order valence-electron chi connectivity index (χ0n) is 14.2. The Labute approximate surface area is 142 Å². The third-order valence-corrected chi connectivity index (χ3v) is 3.92. The van der Waals surface area contributed by atoms with Gasteiger partial charge in [-0.05, 0) is 43.5 Å². The van der Waals surface area contributed by atoms with E-state index in [1.165, 1.54) is 0 Å². The number of nitrogens with zero attached hydrogens (tertiary/aromatic N) is 1. The number of benzene rings is 1. The van der Waals surface area contributed by atoms with Crippen molar-refractivity contribution >= 4 is 12.0 Å². The van der Waals surface area contributed by atoms with Gasteiger partial charge >= 0.3 is 0 Å². The maximum Gasteiger partial charge on any atom is 0.213 e. The van der Waals surface area contributed by atoms with E-state index in [-0.39, 0.29) is 5.41 Å². The fourth-order valence-electron chi connectivity index (χ4n) is 1.99. The number of hydrogen-bond acceptors (Lipinski definition) is 5. The van der Waals surface area contributed by atoms with E-state index in [1.54, 1.807) is 13.3 Å². The summed E-state index contributed by atoms with van der Waals surface area (Å²) in [7, 11) is 1.68. The second-order valence-corrected chi connectivity index (χ2v) is 5.85. The van der Waals surface area contributed by atoms with Gasteiger partial charge in [0.1, 0.15) is 12.9 Å². The lowest BCUT2D eigenvalue weighted by atomic mass is 10.1. The average molecular weight is 328 g/mol. The van der Waals surface area contributed by atoms with Crippen molar-refractivity contribution in [2.45, 2.75) is 19.8 Å². The van der Waals surface area contributed by atoms with E-state index >= 15 is 0 Å². The molecular weight excluding hydrogens is 304 g/mol. The van der Waals surface area contributed by atoms with Crippen LogP contribution >= 0.6 is 0 Å². The number of ether oxygens (including phenoxy) is 2. The smallest absolute Gasteiger partial charge is 0.213 e. The van der Waals surface area contributed by atoms with Gasteiger partial charge in [0.05, 0.1) is 5.41 Å². The lowest BCUT2D eigenvalue weighted by molar-refractivity contribution is -0.113. The molecule has 128 valence electrons. The van der Waals surface area contributed by atoms with Gasteiger partial charge in [0.25, 0.3) is 0 Å². The monoisotopic (exact) mass is 328 g/mol. The highest BCUT2D eigenvalue weighted by atomic mass is 16.5. The molecule has 1 heterocycles. The molecule has 0 amide bonds. The van der Waals surface area contributed by atoms with E-state index in [2.05, 4.69) is 9.72 Å². The summed E-state index contributed by atoms with van der Waals surface area (Å²) in [6.45, 7) is 3.20. The number of methoxy groups -OCH3 is 1. The van der Waals surface area contributed by atoms with E-state index in [1.807, 2.05) is 43.3 Å². The highest BCUT2D eigenvalue weighted by Gasteiger charge is 2.43. The summed E-state index contributed by atoms with van der Waals surface area (Å²) in [5.41, 5.74) is 8.22. The Hall–Kier alpha value is -2.40. The van der Waals surface area contributed by atoms with Crippen molar-refractivity contribution in [1.29, 1.82) is 0 Å². The molecule has 1 fully saturated rings. The molecule has 5 nitrogen and oxygen atoms in total. The predicted octanol–water partition coefficient (Wildman–Crippen LogP) is 3.34. The quantitative estimate of drug-likeness (QED) is 0.650. The number of carbonyl (C=O) groups is 1. The number of nitrogens with two attached hydrogens (primary N) is 1. The number of hydrogen-bond donors (Lipinski definition) is 1. The van der Waals surface area contributed by atoms with Crippen LogP contribution in [0.15, 0.2) is 42.6 Å². The van der Waals surface area contributed by atoms with Crippen LogP contribution in [0.1, 0.15) is 19.8 Å². The molecule has 1 aromatic heterocycles. The molecule has 5 heteroatoms. The zero-order chi connectivity index (χ0) is 17.4. The first-order chi connectivity index (χ1) is 11.6. The van der Waals surface area contributed by atoms with Crippen molar-refractivity contribution in [1.82, 2.24) is 4.98 Å². The van der Waals surface area contributed by atoms with E-state index < -0.39 is 0 Å². The van der Waals surface area contributed by atoms with Crippen LogP contribution in [0.4, 0.5) is 5.69 Å². The minimum absolute atomic E-state index is 0.253. The van der Waals surface area contributed by atoms with Crippen LogP contribution < -0.4 is 10.5 Å². The second kappa shape index (κ2) is 8.45. The van der Waals surface area contributed by atoms with Crippen molar-refractivity contribution in [2.24, 2.45) is 5.41 Å². The summed E-state index contributed by atoms with van der Waals surface area (Å²) in [5.74, 6) is 0.553. The Bertz CT molecular complexity index is 633. The SMILES string of the molecule is CCOC.Nc1ccc(-c2ccc(OCC3(C=O)CC3)nc2)cc1. The summed E-state index contributed by atoms with van der Waals surface area (Å²) in [5, 5.41) is 0. The van der Waals surface area contributed by atoms with Crippen LogP contribution in [0, 0.1) is 5.41 Å². The fourth-order valence-corrected chi connectivity index (χ4v) is 1.99. The van der Waals surface area contributed by atoms with Crippen molar-refractivity contribution < 1.29 is 14.3 Å². The first kappa shape index (κ1) is 17.9. The molecule has 2 aromatic rings. The predicted molar refractivity (Wildman–Crippen MR) is 94.9 cm³/mol. The second-order valence-electron chi connectivity index (χ2n) is 5.85. The Morgan fingerprint density at radius 2 is 1.79 bits per heavy atom. The zero-order valence-corrected chi connectivity index (χ0v) is 14.2. The molecule has 1 saturated carbocycles. The van der Waals surface area contributed by atoms with E-state index in [9.17, 15) is 4.79 Å². The van der Waals surface area contributed by atoms with Crippen molar-refractivity contribution in [2.75, 3.05) is 26.1 Å². The van der Waals surface area contributed by atoms with Gasteiger partial charge in [-0.2, -0.15) is 0 Å². The van der Waals surface area contributed by atoms with Crippen molar-refractivity contribution in [3.8, 4) is 17.0 Å². The molecule has 2 N–H and O–H groups in total. The Kier molecular flexibility index (Phi) is 6.32. The van der Waals surface area contributed by atoms with Crippen molar-refractivity contribution in [3.05, 3.63) is 42.6 Å². The highest BCUT2D eigenvalue weighted by Crippen LogP contribution is 2.43. The van der Waals surface area contributed by atoms with E-state index in [0.29, 0.717) is 12.5 Å². The maximum absolute atomic E-state index is 10.9. The van der Waals surface area contributed by atoms with Crippen LogP contribution in [0.25, 0.3) is 11.1 Å². The van der Waals surface area contributed by atoms with Crippen LogP contribution in [0.2, 0.25) is 0 Å². The number of pyridine rings is 1. The van der Waals surface area contributed by atoms with E-state index in [0.717, 1.165) is 42.5 Å². The number of anilines is 1. The maximum atomic E-state index is 10.9. The molecule has 0 atom stereocenters. The van der Waals surface area contributed by atoms with Gasteiger partial charge in [0.15, 0.2) is 0 Å². The molecule has 1 aromatic carbocycles. The summed E-state index contributed by atoms with van der Waals surface area (Å²) in [4.78, 5) is 15.1. The summed E-state index contributed by atoms with van der Waals surface area (Å²) < 4.78 is 10.1. The molecule has 0 radical (unpaired) electrons. The van der Waals surface area contributed by atoms with Gasteiger partial charge in [0.2, 0.25) is 5.88 Å². The van der Waals surface area contributed by atoms with Crippen LogP contribution in [0.5, 0.6) is 5.88 Å². The fraction of sp³-hybridized carbons (Fsp3) is 0.368. The molecule has 0 spiro atoms. The average Bonchev–Trinajstić information content (AvgIpc) is 3.42. The third-order valence-electron chi connectivity index (χ3n) is 3.92. The first-order valence-corrected chi connectivity index (χ1v) is 8.02. The number of rotatable bonds is 6. The van der Waals surface area contributed by atoms with Crippen molar-refractivity contribution in [3.63, 3.8) is 0 Å². The normalized spacial score (nSPS) is 14.2. The largest absolute Gasteiger partial charge is 0.477 e. The molecule has 0 saturated heterocycles. The molecule has 0 unspecified atom stereocenters. The molecule has 3 rings (SSSR count). The summed E-state index contributed by atoms with van der Waals surface area (Å²) in [6, 6.07) is 11.4. The number of carbonyl (C=O) groups excluding carboxylic acids is 1. The number of aromatic nitrogens is 1. The topological polar surface area (TPSA) is 74.4 Å². The molecule has 0 aliphatic heterocycles. The van der Waals surface area contributed by atoms with Gasteiger partial charge in [-0.3, -0.25) is 0 Å². The van der Waals surface area contributed by atoms with Gasteiger partial charge in [0, 0.05) is 37.2 Å². The number of aldehydes is 1. The molecule has 24 heavy (non-hydrogen) atoms. The Balaban J connectivity index is 0.000000471. The van der Waals surface area contributed by atoms with Crippen LogP contribution in [0.3, 0.4) is 0 Å². The lowest BCUT2D eigenvalue weighted by Gasteiger charge is -2.09. The first-order valence-electron chi connectivity index (χ1n) is 8.02. The van der Waals surface area contributed by atoms with Crippen LogP contribution in [-0.2, 0) is 9.53 Å². The molecule has 1 aliphatic rings. The summed E-state index contributed by atoms with van der Waals surface area (Å²) in [6.07, 6.45) is 4.59. The van der Waals surface area contributed by atoms with Crippen LogP contribution in [-0.4, -0.2) is 31.6 Å². The van der Waals surface area contributed by atoms with Gasteiger partial charge in [-0.1, -0.05) is 12.1 Å². The Morgan fingerprint density at radius 1 is 1.17 bits per heavy atom. The molecular formula is C19H24N2O3. The Morgan fingerprint density at radius 3 is 2.25 bits per heavy atom. The number of nitrogen functional groups attached to an aromatic ring is 1. The summed E-state index contributed by atoms with van der Waals surface area (Å²) >= 11 is 0. The third kappa shape index (κ3) is 5.06. The van der Waals surface area contributed by atoms with E-state index in [4.69, 9.17) is 10.5 Å².